The van der Waals surface area contributed by atoms with Gasteiger partial charge in [0.2, 0.25) is 10.0 Å². The van der Waals surface area contributed by atoms with Crippen molar-refractivity contribution in [2.75, 3.05) is 6.54 Å². The van der Waals surface area contributed by atoms with Crippen LogP contribution in [-0.4, -0.2) is 25.9 Å². The summed E-state index contributed by atoms with van der Waals surface area (Å²) in [5.74, 6) is 0.282. The first-order valence-electron chi connectivity index (χ1n) is 7.06. The summed E-state index contributed by atoms with van der Waals surface area (Å²) in [6.07, 6.45) is 0.600. The molecule has 0 saturated carbocycles. The molecule has 1 aromatic rings. The van der Waals surface area contributed by atoms with E-state index in [-0.39, 0.29) is 23.0 Å². The SMILES string of the molecule is Cc1cc(C)c(S(=O)(=O)NC(CN)CC(C)C)cc1[N+](=O)[O-]. The number of sulfonamides is 1. The lowest BCUT2D eigenvalue weighted by atomic mass is 10.1. The fourth-order valence-corrected chi connectivity index (χ4v) is 3.86. The zero-order chi connectivity index (χ0) is 17.1. The predicted octanol–water partition coefficient (Wildman–Crippen LogP) is 1.86. The van der Waals surface area contributed by atoms with Gasteiger partial charge < -0.3 is 5.73 Å². The molecule has 124 valence electrons. The van der Waals surface area contributed by atoms with Crippen molar-refractivity contribution >= 4 is 15.7 Å². The minimum atomic E-state index is -3.86. The van der Waals surface area contributed by atoms with E-state index in [9.17, 15) is 18.5 Å². The van der Waals surface area contributed by atoms with Crippen LogP contribution >= 0.6 is 0 Å². The van der Waals surface area contributed by atoms with Gasteiger partial charge in [-0.25, -0.2) is 13.1 Å². The second kappa shape index (κ2) is 7.17. The van der Waals surface area contributed by atoms with Crippen LogP contribution in [0.5, 0.6) is 0 Å². The Kier molecular flexibility index (Phi) is 6.04. The van der Waals surface area contributed by atoms with Crippen LogP contribution in [0.3, 0.4) is 0 Å². The molecule has 0 heterocycles. The van der Waals surface area contributed by atoms with Crippen molar-refractivity contribution in [1.82, 2.24) is 4.72 Å². The third-order valence-corrected chi connectivity index (χ3v) is 5.00. The molecule has 1 atom stereocenters. The number of nitro benzene ring substituents is 1. The molecule has 8 heteroatoms. The molecular formula is C14H23N3O4S. The van der Waals surface area contributed by atoms with Gasteiger partial charge in [-0.05, 0) is 37.8 Å². The van der Waals surface area contributed by atoms with Crippen LogP contribution < -0.4 is 10.5 Å². The number of rotatable bonds is 7. The van der Waals surface area contributed by atoms with Gasteiger partial charge in [0.1, 0.15) is 0 Å². The van der Waals surface area contributed by atoms with Crippen molar-refractivity contribution in [2.45, 2.75) is 45.1 Å². The zero-order valence-electron chi connectivity index (χ0n) is 13.3. The van der Waals surface area contributed by atoms with Gasteiger partial charge in [0.15, 0.2) is 0 Å². The Morgan fingerprint density at radius 2 is 1.86 bits per heavy atom. The van der Waals surface area contributed by atoms with E-state index < -0.39 is 21.0 Å². The Bertz CT molecular complexity index is 656. The highest BCUT2D eigenvalue weighted by molar-refractivity contribution is 7.89. The number of nitrogens with zero attached hydrogens (tertiary/aromatic N) is 1. The largest absolute Gasteiger partial charge is 0.329 e. The monoisotopic (exact) mass is 329 g/mol. The highest BCUT2D eigenvalue weighted by Gasteiger charge is 2.25. The number of nitrogens with two attached hydrogens (primary N) is 1. The first-order valence-corrected chi connectivity index (χ1v) is 8.54. The lowest BCUT2D eigenvalue weighted by Gasteiger charge is -2.19. The van der Waals surface area contributed by atoms with E-state index in [0.29, 0.717) is 17.5 Å². The van der Waals surface area contributed by atoms with Crippen molar-refractivity contribution < 1.29 is 13.3 Å². The Labute approximate surface area is 131 Å². The quantitative estimate of drug-likeness (QED) is 0.585. The van der Waals surface area contributed by atoms with E-state index in [4.69, 9.17) is 5.73 Å². The molecule has 3 N–H and O–H groups in total. The Balaban J connectivity index is 3.22. The van der Waals surface area contributed by atoms with Gasteiger partial charge in [-0.2, -0.15) is 0 Å². The van der Waals surface area contributed by atoms with Gasteiger partial charge in [0.25, 0.3) is 5.69 Å². The number of nitrogens with one attached hydrogen (secondary N) is 1. The van der Waals surface area contributed by atoms with Crippen molar-refractivity contribution in [3.8, 4) is 0 Å². The van der Waals surface area contributed by atoms with Gasteiger partial charge in [-0.15, -0.1) is 0 Å². The van der Waals surface area contributed by atoms with Gasteiger partial charge in [0, 0.05) is 24.2 Å². The van der Waals surface area contributed by atoms with Crippen molar-refractivity contribution in [3.63, 3.8) is 0 Å². The average Bonchev–Trinajstić information content (AvgIpc) is 2.36. The van der Waals surface area contributed by atoms with Crippen molar-refractivity contribution in [2.24, 2.45) is 11.7 Å². The van der Waals surface area contributed by atoms with E-state index in [1.54, 1.807) is 13.8 Å². The number of hydrogen-bond donors (Lipinski definition) is 2. The summed E-state index contributed by atoms with van der Waals surface area (Å²) in [6.45, 7) is 7.31. The minimum absolute atomic E-state index is 0.0768. The van der Waals surface area contributed by atoms with E-state index in [2.05, 4.69) is 4.72 Å². The topological polar surface area (TPSA) is 115 Å². The summed E-state index contributed by atoms with van der Waals surface area (Å²) >= 11 is 0. The molecular weight excluding hydrogens is 306 g/mol. The maximum atomic E-state index is 12.5. The molecule has 0 amide bonds. The molecule has 0 aliphatic carbocycles. The molecule has 22 heavy (non-hydrogen) atoms. The third-order valence-electron chi connectivity index (χ3n) is 3.34. The fourth-order valence-electron chi connectivity index (χ4n) is 2.35. The predicted molar refractivity (Wildman–Crippen MR) is 85.2 cm³/mol. The summed E-state index contributed by atoms with van der Waals surface area (Å²) in [7, 11) is -3.86. The summed E-state index contributed by atoms with van der Waals surface area (Å²) in [6, 6.07) is 2.22. The second-order valence-electron chi connectivity index (χ2n) is 5.84. The smallest absolute Gasteiger partial charge is 0.273 e. The Morgan fingerprint density at radius 3 is 2.32 bits per heavy atom. The lowest BCUT2D eigenvalue weighted by molar-refractivity contribution is -0.385. The Hall–Kier alpha value is -1.51. The molecule has 1 unspecified atom stereocenters. The van der Waals surface area contributed by atoms with Crippen LogP contribution in [-0.2, 0) is 10.0 Å². The molecule has 0 spiro atoms. The standard InChI is InChI=1S/C14H23N3O4S/c1-9(2)5-12(8-15)16-22(20,21)14-7-13(17(18)19)10(3)6-11(14)4/h6-7,9,12,16H,5,8,15H2,1-4H3. The van der Waals surface area contributed by atoms with E-state index >= 15 is 0 Å². The molecule has 0 bridgehead atoms. The molecule has 0 aliphatic rings. The first kappa shape index (κ1) is 18.5. The number of hydrogen-bond acceptors (Lipinski definition) is 5. The fraction of sp³-hybridized carbons (Fsp3) is 0.571. The summed E-state index contributed by atoms with van der Waals surface area (Å²) < 4.78 is 27.5. The highest BCUT2D eigenvalue weighted by Crippen LogP contribution is 2.26. The third kappa shape index (κ3) is 4.49. The highest BCUT2D eigenvalue weighted by atomic mass is 32.2. The molecule has 1 rings (SSSR count). The van der Waals surface area contributed by atoms with Crippen LogP contribution in [0.1, 0.15) is 31.4 Å². The van der Waals surface area contributed by atoms with E-state index in [1.807, 2.05) is 13.8 Å². The van der Waals surface area contributed by atoms with Crippen LogP contribution in [0, 0.1) is 29.9 Å². The van der Waals surface area contributed by atoms with Crippen LogP contribution in [0.2, 0.25) is 0 Å². The lowest BCUT2D eigenvalue weighted by Crippen LogP contribution is -2.41. The van der Waals surface area contributed by atoms with Gasteiger partial charge in [-0.1, -0.05) is 13.8 Å². The maximum Gasteiger partial charge on any atom is 0.273 e. The van der Waals surface area contributed by atoms with Crippen LogP contribution in [0.4, 0.5) is 5.69 Å². The molecule has 7 nitrogen and oxygen atoms in total. The molecule has 0 aromatic heterocycles. The van der Waals surface area contributed by atoms with E-state index in [0.717, 1.165) is 6.07 Å². The summed E-state index contributed by atoms with van der Waals surface area (Å²) in [5, 5.41) is 11.0. The molecule has 0 saturated heterocycles. The van der Waals surface area contributed by atoms with Crippen molar-refractivity contribution in [1.29, 1.82) is 0 Å². The normalized spacial score (nSPS) is 13.4. The number of benzene rings is 1. The van der Waals surface area contributed by atoms with Crippen LogP contribution in [0.25, 0.3) is 0 Å². The second-order valence-corrected chi connectivity index (χ2v) is 7.53. The maximum absolute atomic E-state index is 12.5. The minimum Gasteiger partial charge on any atom is -0.329 e. The molecule has 1 aromatic carbocycles. The average molecular weight is 329 g/mol. The van der Waals surface area contributed by atoms with Gasteiger partial charge in [0.05, 0.1) is 9.82 Å². The van der Waals surface area contributed by atoms with E-state index in [1.165, 1.54) is 6.07 Å². The van der Waals surface area contributed by atoms with Gasteiger partial charge >= 0.3 is 0 Å². The molecule has 0 aliphatic heterocycles. The van der Waals surface area contributed by atoms with Crippen molar-refractivity contribution in [3.05, 3.63) is 33.4 Å². The molecule has 0 fully saturated rings. The number of aryl methyl sites for hydroxylation is 2. The Morgan fingerprint density at radius 1 is 1.27 bits per heavy atom. The first-order chi connectivity index (χ1) is 10.1. The summed E-state index contributed by atoms with van der Waals surface area (Å²) in [5.41, 5.74) is 6.30. The zero-order valence-corrected chi connectivity index (χ0v) is 14.1. The van der Waals surface area contributed by atoms with Crippen LogP contribution in [0.15, 0.2) is 17.0 Å². The summed E-state index contributed by atoms with van der Waals surface area (Å²) in [4.78, 5) is 10.3. The molecule has 0 radical (unpaired) electrons. The van der Waals surface area contributed by atoms with Gasteiger partial charge in [-0.3, -0.25) is 10.1 Å². The number of nitro groups is 1.